The summed E-state index contributed by atoms with van der Waals surface area (Å²) in [6, 6.07) is -0.859. The summed E-state index contributed by atoms with van der Waals surface area (Å²) in [6.07, 6.45) is 1.81. The molecule has 9 heteroatoms. The van der Waals surface area contributed by atoms with Gasteiger partial charge in [-0.2, -0.15) is 0 Å². The highest BCUT2D eigenvalue weighted by molar-refractivity contribution is 7.14. The summed E-state index contributed by atoms with van der Waals surface area (Å²) < 4.78 is 5.09. The molecule has 0 saturated carbocycles. The smallest absolute Gasteiger partial charge is 0.341 e. The van der Waals surface area contributed by atoms with Crippen LogP contribution in [0.3, 0.4) is 0 Å². The molecule has 8 nitrogen and oxygen atoms in total. The number of nitrogens with one attached hydrogen (secondary N) is 2. The molecule has 0 bridgehead atoms. The zero-order valence-electron chi connectivity index (χ0n) is 14.1. The van der Waals surface area contributed by atoms with E-state index in [0.29, 0.717) is 22.9 Å². The number of esters is 1. The fourth-order valence-corrected chi connectivity index (χ4v) is 3.22. The molecule has 0 spiro atoms. The van der Waals surface area contributed by atoms with Crippen LogP contribution in [0.5, 0.6) is 0 Å². The summed E-state index contributed by atoms with van der Waals surface area (Å²) in [7, 11) is 0. The van der Waals surface area contributed by atoms with Crippen LogP contribution < -0.4 is 10.6 Å². The lowest BCUT2D eigenvalue weighted by molar-refractivity contribution is -0.132. The Bertz CT molecular complexity index is 718. The Labute approximate surface area is 148 Å². The van der Waals surface area contributed by atoms with Crippen LogP contribution in [0.15, 0.2) is 10.4 Å². The highest BCUT2D eigenvalue weighted by atomic mass is 32.1. The maximum absolute atomic E-state index is 12.3. The van der Waals surface area contributed by atoms with Gasteiger partial charge in [0.1, 0.15) is 5.00 Å². The molecule has 25 heavy (non-hydrogen) atoms. The van der Waals surface area contributed by atoms with Crippen molar-refractivity contribution >= 4 is 46.4 Å². The first-order valence-electron chi connectivity index (χ1n) is 7.80. The predicted molar refractivity (Wildman–Crippen MR) is 92.1 cm³/mol. The first-order chi connectivity index (χ1) is 11.8. The molecular weight excluding hydrogens is 346 g/mol. The van der Waals surface area contributed by atoms with Crippen molar-refractivity contribution in [1.82, 2.24) is 10.6 Å². The van der Waals surface area contributed by atoms with Gasteiger partial charge in [0.2, 0.25) is 11.8 Å². The van der Waals surface area contributed by atoms with Gasteiger partial charge in [-0.25, -0.2) is 14.6 Å². The minimum atomic E-state index is -1.23. The molecule has 0 unspecified atom stereocenters. The summed E-state index contributed by atoms with van der Waals surface area (Å²) in [6.45, 7) is 6.00. The lowest BCUT2D eigenvalue weighted by atomic mass is 10.0. The number of urea groups is 1. The van der Waals surface area contributed by atoms with E-state index in [0.717, 1.165) is 11.8 Å². The van der Waals surface area contributed by atoms with Crippen LogP contribution in [0.25, 0.3) is 0 Å². The zero-order chi connectivity index (χ0) is 18.6. The van der Waals surface area contributed by atoms with Gasteiger partial charge in [0.25, 0.3) is 0 Å². The quantitative estimate of drug-likeness (QED) is 0.453. The molecule has 1 aliphatic rings. The van der Waals surface area contributed by atoms with Crippen molar-refractivity contribution < 1.29 is 23.9 Å². The number of amides is 4. The van der Waals surface area contributed by atoms with Crippen LogP contribution in [-0.2, 0) is 20.7 Å². The fourth-order valence-electron chi connectivity index (χ4n) is 2.30. The standard InChI is InChI=1S/C16H19N3O5S/c1-4-24-15(22)11-9(5-8(2)3)7-25-14(11)17-6-10-12(20)18-16(23)19-13(10)21/h6-8,10H,4-5H2,1-3H3,(H2,18,19,20,21,23). The number of rotatable bonds is 6. The Kier molecular flexibility index (Phi) is 6.02. The molecule has 2 heterocycles. The van der Waals surface area contributed by atoms with Gasteiger partial charge in [0, 0.05) is 6.21 Å². The summed E-state index contributed by atoms with van der Waals surface area (Å²) in [4.78, 5) is 50.9. The largest absolute Gasteiger partial charge is 0.462 e. The van der Waals surface area contributed by atoms with Gasteiger partial charge in [-0.15, -0.1) is 11.3 Å². The van der Waals surface area contributed by atoms with E-state index in [4.69, 9.17) is 4.74 Å². The maximum atomic E-state index is 12.3. The second kappa shape index (κ2) is 8.02. The number of carbonyl (C=O) groups is 4. The van der Waals surface area contributed by atoms with Gasteiger partial charge in [-0.3, -0.25) is 20.2 Å². The Hall–Kier alpha value is -2.55. The average molecular weight is 365 g/mol. The second-order valence-electron chi connectivity index (χ2n) is 5.82. The average Bonchev–Trinajstić information content (AvgIpc) is 2.88. The van der Waals surface area contributed by atoms with Crippen molar-refractivity contribution in [2.45, 2.75) is 27.2 Å². The number of nitrogens with zero attached hydrogens (tertiary/aromatic N) is 1. The number of thiophene rings is 1. The maximum Gasteiger partial charge on any atom is 0.341 e. The highest BCUT2D eigenvalue weighted by Crippen LogP contribution is 2.33. The SMILES string of the molecule is CCOC(=O)c1c(CC(C)C)csc1N=CC1C(=O)NC(=O)NC1=O. The summed E-state index contributed by atoms with van der Waals surface area (Å²) >= 11 is 1.23. The number of imide groups is 2. The number of aliphatic imine (C=N–C) groups is 1. The molecule has 0 aliphatic carbocycles. The molecule has 4 amide bonds. The van der Waals surface area contributed by atoms with E-state index < -0.39 is 29.7 Å². The summed E-state index contributed by atoms with van der Waals surface area (Å²) in [5, 5.41) is 6.18. The minimum Gasteiger partial charge on any atom is -0.462 e. The first-order valence-corrected chi connectivity index (χ1v) is 8.68. The Morgan fingerprint density at radius 3 is 2.52 bits per heavy atom. The van der Waals surface area contributed by atoms with Gasteiger partial charge in [0.05, 0.1) is 12.2 Å². The topological polar surface area (TPSA) is 114 Å². The molecule has 1 aromatic rings. The third-order valence-electron chi connectivity index (χ3n) is 3.33. The van der Waals surface area contributed by atoms with Crippen LogP contribution in [0.4, 0.5) is 9.80 Å². The molecule has 1 aliphatic heterocycles. The summed E-state index contributed by atoms with van der Waals surface area (Å²) in [5.41, 5.74) is 1.17. The minimum absolute atomic E-state index is 0.231. The van der Waals surface area contributed by atoms with Crippen molar-refractivity contribution in [1.29, 1.82) is 0 Å². The monoisotopic (exact) mass is 365 g/mol. The van der Waals surface area contributed by atoms with Crippen LogP contribution in [-0.4, -0.2) is 36.6 Å². The number of barbiturate groups is 1. The van der Waals surface area contributed by atoms with Crippen molar-refractivity contribution in [2.24, 2.45) is 16.8 Å². The van der Waals surface area contributed by atoms with Crippen molar-refractivity contribution in [3.63, 3.8) is 0 Å². The van der Waals surface area contributed by atoms with Crippen molar-refractivity contribution in [3.8, 4) is 0 Å². The van der Waals surface area contributed by atoms with Crippen molar-refractivity contribution in [2.75, 3.05) is 6.61 Å². The molecule has 1 saturated heterocycles. The first kappa shape index (κ1) is 18.8. The van der Waals surface area contributed by atoms with Crippen LogP contribution >= 0.6 is 11.3 Å². The molecule has 2 N–H and O–H groups in total. The molecular formula is C16H19N3O5S. The molecule has 0 atom stereocenters. The van der Waals surface area contributed by atoms with E-state index >= 15 is 0 Å². The fraction of sp³-hybridized carbons (Fsp3) is 0.438. The molecule has 134 valence electrons. The normalized spacial score (nSPS) is 15.6. The zero-order valence-corrected chi connectivity index (χ0v) is 14.9. The van der Waals surface area contributed by atoms with Gasteiger partial charge in [-0.05, 0) is 30.2 Å². The third kappa shape index (κ3) is 4.50. The van der Waals surface area contributed by atoms with E-state index in [1.165, 1.54) is 11.3 Å². The summed E-state index contributed by atoms with van der Waals surface area (Å²) in [5.74, 6) is -2.90. The number of hydrogen-bond donors (Lipinski definition) is 2. The van der Waals surface area contributed by atoms with E-state index in [1.807, 2.05) is 29.9 Å². The highest BCUT2D eigenvalue weighted by Gasteiger charge is 2.33. The molecule has 1 fully saturated rings. The Morgan fingerprint density at radius 2 is 1.96 bits per heavy atom. The molecule has 1 aromatic heterocycles. The van der Waals surface area contributed by atoms with Gasteiger partial charge in [-0.1, -0.05) is 13.8 Å². The lowest BCUT2D eigenvalue weighted by Crippen LogP contribution is -2.56. The second-order valence-corrected chi connectivity index (χ2v) is 6.68. The van der Waals surface area contributed by atoms with E-state index in [1.54, 1.807) is 6.92 Å². The van der Waals surface area contributed by atoms with E-state index in [9.17, 15) is 19.2 Å². The molecule has 0 aromatic carbocycles. The van der Waals surface area contributed by atoms with Crippen molar-refractivity contribution in [3.05, 3.63) is 16.5 Å². The number of carbonyl (C=O) groups excluding carboxylic acids is 4. The van der Waals surface area contributed by atoms with Crippen LogP contribution in [0.1, 0.15) is 36.7 Å². The van der Waals surface area contributed by atoms with E-state index in [2.05, 4.69) is 4.99 Å². The van der Waals surface area contributed by atoms with Crippen LogP contribution in [0, 0.1) is 11.8 Å². The number of hydrogen-bond acceptors (Lipinski definition) is 7. The Balaban J connectivity index is 2.30. The molecule has 2 rings (SSSR count). The van der Waals surface area contributed by atoms with Crippen LogP contribution in [0.2, 0.25) is 0 Å². The third-order valence-corrected chi connectivity index (χ3v) is 4.27. The van der Waals surface area contributed by atoms with E-state index in [-0.39, 0.29) is 6.61 Å². The Morgan fingerprint density at radius 1 is 1.32 bits per heavy atom. The number of ether oxygens (including phenoxy) is 1. The van der Waals surface area contributed by atoms with Gasteiger partial charge in [0.15, 0.2) is 5.92 Å². The van der Waals surface area contributed by atoms with Gasteiger partial charge < -0.3 is 4.74 Å². The van der Waals surface area contributed by atoms with Gasteiger partial charge >= 0.3 is 12.0 Å². The predicted octanol–water partition coefficient (Wildman–Crippen LogP) is 1.81. The molecule has 0 radical (unpaired) electrons. The lowest BCUT2D eigenvalue weighted by Gasteiger charge is -2.16.